The molecule has 1 aliphatic carbocycles. The number of carbonyl (C=O) groups excluding carboxylic acids is 1. The Morgan fingerprint density at radius 2 is 2.00 bits per heavy atom. The summed E-state index contributed by atoms with van der Waals surface area (Å²) in [5.74, 6) is -0.756. The topological polar surface area (TPSA) is 35.5 Å². The minimum atomic E-state index is -4.41. The Labute approximate surface area is 85.5 Å². The van der Waals surface area contributed by atoms with Gasteiger partial charge in [-0.05, 0) is 26.2 Å². The SMILES string of the molecule is CCOC(=O)COC1(C(F)(F)F)CCC1. The molecule has 0 saturated heterocycles. The second kappa shape index (κ2) is 4.38. The maximum atomic E-state index is 12.5. The minimum absolute atomic E-state index is 0.0735. The Kier molecular flexibility index (Phi) is 3.59. The van der Waals surface area contributed by atoms with Gasteiger partial charge < -0.3 is 9.47 Å². The predicted octanol–water partition coefficient (Wildman–Crippen LogP) is 2.05. The quantitative estimate of drug-likeness (QED) is 0.688. The van der Waals surface area contributed by atoms with Crippen LogP contribution in [0, 0.1) is 0 Å². The minimum Gasteiger partial charge on any atom is -0.464 e. The van der Waals surface area contributed by atoms with E-state index in [9.17, 15) is 18.0 Å². The van der Waals surface area contributed by atoms with E-state index >= 15 is 0 Å². The van der Waals surface area contributed by atoms with Crippen molar-refractivity contribution in [3.8, 4) is 0 Å². The van der Waals surface area contributed by atoms with Crippen LogP contribution in [0.3, 0.4) is 0 Å². The molecular formula is C9H13F3O3. The number of alkyl halides is 3. The highest BCUT2D eigenvalue weighted by Gasteiger charge is 2.59. The van der Waals surface area contributed by atoms with Crippen LogP contribution in [0.25, 0.3) is 0 Å². The Bertz CT molecular complexity index is 233. The molecule has 3 nitrogen and oxygen atoms in total. The Balaban J connectivity index is 2.45. The normalized spacial score (nSPS) is 19.5. The van der Waals surface area contributed by atoms with E-state index in [-0.39, 0.29) is 19.4 Å². The molecule has 0 atom stereocenters. The standard InChI is InChI=1S/C9H13F3O3/c1-2-14-7(13)6-15-8(4-3-5-8)9(10,11)12/h2-6H2,1H3. The van der Waals surface area contributed by atoms with Gasteiger partial charge in [-0.25, -0.2) is 4.79 Å². The van der Waals surface area contributed by atoms with Crippen LogP contribution in [-0.4, -0.2) is 31.0 Å². The number of halogens is 3. The van der Waals surface area contributed by atoms with Gasteiger partial charge in [0.25, 0.3) is 0 Å². The largest absolute Gasteiger partial charge is 0.464 e. The first kappa shape index (κ1) is 12.3. The maximum absolute atomic E-state index is 12.5. The summed E-state index contributed by atoms with van der Waals surface area (Å²) in [5, 5.41) is 0. The summed E-state index contributed by atoms with van der Waals surface area (Å²) in [6.45, 7) is 1.09. The lowest BCUT2D eigenvalue weighted by atomic mass is 9.79. The highest BCUT2D eigenvalue weighted by Crippen LogP contribution is 2.47. The third-order valence-corrected chi connectivity index (χ3v) is 2.45. The summed E-state index contributed by atoms with van der Waals surface area (Å²) >= 11 is 0. The summed E-state index contributed by atoms with van der Waals surface area (Å²) in [4.78, 5) is 10.8. The van der Waals surface area contributed by atoms with Crippen molar-refractivity contribution < 1.29 is 27.4 Å². The van der Waals surface area contributed by atoms with Gasteiger partial charge in [0, 0.05) is 0 Å². The van der Waals surface area contributed by atoms with Crippen molar-refractivity contribution in [1.82, 2.24) is 0 Å². The lowest BCUT2D eigenvalue weighted by molar-refractivity contribution is -0.303. The fraction of sp³-hybridized carbons (Fsp3) is 0.889. The molecule has 15 heavy (non-hydrogen) atoms. The summed E-state index contributed by atoms with van der Waals surface area (Å²) in [5.41, 5.74) is -2.11. The molecule has 0 unspecified atom stereocenters. The van der Waals surface area contributed by atoms with Crippen LogP contribution in [-0.2, 0) is 14.3 Å². The highest BCUT2D eigenvalue weighted by molar-refractivity contribution is 5.70. The van der Waals surface area contributed by atoms with Gasteiger partial charge in [-0.1, -0.05) is 0 Å². The number of esters is 1. The molecule has 0 aromatic heterocycles. The number of ether oxygens (including phenoxy) is 2. The Hall–Kier alpha value is -0.780. The predicted molar refractivity (Wildman–Crippen MR) is 45.2 cm³/mol. The van der Waals surface area contributed by atoms with Crippen LogP contribution < -0.4 is 0 Å². The number of rotatable bonds is 4. The average Bonchev–Trinajstić information content (AvgIpc) is 1.99. The summed E-state index contributed by atoms with van der Waals surface area (Å²) in [7, 11) is 0. The van der Waals surface area contributed by atoms with Crippen molar-refractivity contribution in [2.24, 2.45) is 0 Å². The molecular weight excluding hydrogens is 213 g/mol. The molecule has 0 heterocycles. The monoisotopic (exact) mass is 226 g/mol. The van der Waals surface area contributed by atoms with Crippen LogP contribution >= 0.6 is 0 Å². The molecule has 0 spiro atoms. The van der Waals surface area contributed by atoms with Crippen LogP contribution in [0.1, 0.15) is 26.2 Å². The van der Waals surface area contributed by atoms with Crippen molar-refractivity contribution in [3.63, 3.8) is 0 Å². The summed E-state index contributed by atoms with van der Waals surface area (Å²) < 4.78 is 46.7. The average molecular weight is 226 g/mol. The van der Waals surface area contributed by atoms with E-state index in [2.05, 4.69) is 9.47 Å². The molecule has 1 aliphatic rings. The van der Waals surface area contributed by atoms with Gasteiger partial charge in [-0.3, -0.25) is 0 Å². The van der Waals surface area contributed by atoms with Gasteiger partial charge in [0.2, 0.25) is 0 Å². The van der Waals surface area contributed by atoms with E-state index < -0.39 is 24.4 Å². The molecule has 6 heteroatoms. The van der Waals surface area contributed by atoms with Gasteiger partial charge in [-0.15, -0.1) is 0 Å². The zero-order valence-corrected chi connectivity index (χ0v) is 8.39. The van der Waals surface area contributed by atoms with E-state index in [0.717, 1.165) is 0 Å². The molecule has 0 aliphatic heterocycles. The van der Waals surface area contributed by atoms with Gasteiger partial charge in [0.15, 0.2) is 5.60 Å². The van der Waals surface area contributed by atoms with Crippen molar-refractivity contribution in [2.75, 3.05) is 13.2 Å². The first-order valence-electron chi connectivity index (χ1n) is 4.77. The fourth-order valence-corrected chi connectivity index (χ4v) is 1.41. The van der Waals surface area contributed by atoms with E-state index in [0.29, 0.717) is 6.42 Å². The second-order valence-electron chi connectivity index (χ2n) is 3.44. The van der Waals surface area contributed by atoms with Gasteiger partial charge in [-0.2, -0.15) is 13.2 Å². The van der Waals surface area contributed by atoms with Gasteiger partial charge >= 0.3 is 12.1 Å². The van der Waals surface area contributed by atoms with E-state index in [4.69, 9.17) is 0 Å². The van der Waals surface area contributed by atoms with Crippen molar-refractivity contribution in [1.29, 1.82) is 0 Å². The van der Waals surface area contributed by atoms with Crippen molar-refractivity contribution >= 4 is 5.97 Å². The van der Waals surface area contributed by atoms with Gasteiger partial charge in [0.1, 0.15) is 6.61 Å². The number of carbonyl (C=O) groups is 1. The lowest BCUT2D eigenvalue weighted by Crippen LogP contribution is -2.53. The van der Waals surface area contributed by atoms with E-state index in [1.807, 2.05) is 0 Å². The van der Waals surface area contributed by atoms with Crippen LogP contribution in [0.4, 0.5) is 13.2 Å². The third kappa shape index (κ3) is 2.62. The maximum Gasteiger partial charge on any atom is 0.417 e. The molecule has 0 aromatic rings. The van der Waals surface area contributed by atoms with Crippen molar-refractivity contribution in [3.05, 3.63) is 0 Å². The molecule has 1 saturated carbocycles. The van der Waals surface area contributed by atoms with Gasteiger partial charge in [0.05, 0.1) is 6.61 Å². The zero-order chi connectivity index (χ0) is 11.5. The first-order chi connectivity index (χ1) is 6.91. The molecule has 0 amide bonds. The molecule has 0 N–H and O–H groups in total. The smallest absolute Gasteiger partial charge is 0.417 e. The molecule has 88 valence electrons. The van der Waals surface area contributed by atoms with Crippen molar-refractivity contribution in [2.45, 2.75) is 38.0 Å². The molecule has 1 rings (SSSR count). The summed E-state index contributed by atoms with van der Waals surface area (Å²) in [6, 6.07) is 0. The van der Waals surface area contributed by atoms with E-state index in [1.54, 1.807) is 6.92 Å². The molecule has 0 bridgehead atoms. The number of hydrogen-bond donors (Lipinski definition) is 0. The van der Waals surface area contributed by atoms with Crippen LogP contribution in [0.5, 0.6) is 0 Å². The Morgan fingerprint density at radius 3 is 2.33 bits per heavy atom. The van der Waals surface area contributed by atoms with Crippen LogP contribution in [0.15, 0.2) is 0 Å². The molecule has 0 aromatic carbocycles. The zero-order valence-electron chi connectivity index (χ0n) is 8.39. The number of hydrogen-bond acceptors (Lipinski definition) is 3. The second-order valence-corrected chi connectivity index (χ2v) is 3.44. The summed E-state index contributed by atoms with van der Waals surface area (Å²) in [6.07, 6.45) is -4.08. The molecule has 0 radical (unpaired) electrons. The fourth-order valence-electron chi connectivity index (χ4n) is 1.41. The lowest BCUT2D eigenvalue weighted by Gasteiger charge is -2.42. The van der Waals surface area contributed by atoms with Crippen LogP contribution in [0.2, 0.25) is 0 Å². The first-order valence-corrected chi connectivity index (χ1v) is 4.77. The molecule has 1 fully saturated rings. The third-order valence-electron chi connectivity index (χ3n) is 2.45. The van der Waals surface area contributed by atoms with E-state index in [1.165, 1.54) is 0 Å². The Morgan fingerprint density at radius 1 is 1.40 bits per heavy atom. The highest BCUT2D eigenvalue weighted by atomic mass is 19.4.